The van der Waals surface area contributed by atoms with Gasteiger partial charge in [-0.25, -0.2) is 8.42 Å². The number of amides is 1. The van der Waals surface area contributed by atoms with Gasteiger partial charge in [-0.1, -0.05) is 19.8 Å². The highest BCUT2D eigenvalue weighted by molar-refractivity contribution is 7.92. The Balaban J connectivity index is 1.19. The lowest BCUT2D eigenvalue weighted by molar-refractivity contribution is -0.136. The summed E-state index contributed by atoms with van der Waals surface area (Å²) < 4.78 is 39.5. The zero-order chi connectivity index (χ0) is 28.7. The Morgan fingerprint density at radius 1 is 1.12 bits per heavy atom. The number of aryl methyl sites for hydroxylation is 2. The molecule has 9 nitrogen and oxygen atoms in total. The van der Waals surface area contributed by atoms with Gasteiger partial charge >= 0.3 is 0 Å². The van der Waals surface area contributed by atoms with Gasteiger partial charge in [-0.3, -0.25) is 9.79 Å². The standard InChI is InChI=1S/C30H44N4O5S/c1-20-6-8-23(9-7-20)27-32-28(35)30(33-27)11-13-34(14-12-30)40(36,37)15-10-26-21(2)16-24(17-22(26)3)31-18-25-19-38-29(4,5)39-25/h10,15-17,20,23,25,31H,6-9,11-14,18-19H2,1-5H3,(H,32,33,35)/b15-10+/t20?,23?,25-/m0/s1. The molecule has 2 N–H and O–H groups in total. The second-order valence-corrected chi connectivity index (χ2v) is 14.4. The molecule has 0 aromatic heterocycles. The van der Waals surface area contributed by atoms with Crippen LogP contribution in [-0.2, 0) is 24.3 Å². The normalized spacial score (nSPS) is 28.7. The Bertz CT molecular complexity index is 1270. The van der Waals surface area contributed by atoms with Gasteiger partial charge < -0.3 is 20.1 Å². The van der Waals surface area contributed by atoms with Crippen LogP contribution in [0.4, 0.5) is 5.69 Å². The van der Waals surface area contributed by atoms with Crippen LogP contribution in [0.2, 0.25) is 0 Å². The van der Waals surface area contributed by atoms with Crippen LogP contribution in [0.15, 0.2) is 22.5 Å². The fraction of sp³-hybridized carbons (Fsp3) is 0.667. The van der Waals surface area contributed by atoms with Crippen molar-refractivity contribution in [1.29, 1.82) is 0 Å². The molecule has 220 valence electrons. The number of anilines is 1. The summed E-state index contributed by atoms with van der Waals surface area (Å²) in [6.07, 6.45) is 6.91. The maximum Gasteiger partial charge on any atom is 0.253 e. The summed E-state index contributed by atoms with van der Waals surface area (Å²) in [6.45, 7) is 11.8. The molecule has 5 rings (SSSR count). The van der Waals surface area contributed by atoms with Gasteiger partial charge in [0.1, 0.15) is 17.5 Å². The van der Waals surface area contributed by atoms with Crippen LogP contribution in [0.25, 0.3) is 6.08 Å². The molecule has 40 heavy (non-hydrogen) atoms. The number of hydrogen-bond acceptors (Lipinski definition) is 7. The first kappa shape index (κ1) is 29.2. The van der Waals surface area contributed by atoms with E-state index in [0.717, 1.165) is 59.8 Å². The minimum Gasteiger partial charge on any atom is -0.382 e. The molecule has 1 amide bonds. The molecule has 2 saturated heterocycles. The third kappa shape index (κ3) is 6.30. The number of nitrogens with zero attached hydrogens (tertiary/aromatic N) is 2. The number of carbonyl (C=O) groups is 1. The van der Waals surface area contributed by atoms with Gasteiger partial charge in [0.2, 0.25) is 10.0 Å². The van der Waals surface area contributed by atoms with E-state index in [4.69, 9.17) is 14.5 Å². The summed E-state index contributed by atoms with van der Waals surface area (Å²) in [5.41, 5.74) is 2.99. The average Bonchev–Trinajstić information content (AvgIpc) is 3.41. The van der Waals surface area contributed by atoms with E-state index in [1.54, 1.807) is 6.08 Å². The second-order valence-electron chi connectivity index (χ2n) is 12.5. The van der Waals surface area contributed by atoms with Crippen molar-refractivity contribution in [3.8, 4) is 0 Å². The van der Waals surface area contributed by atoms with Crippen molar-refractivity contribution in [2.45, 2.75) is 90.6 Å². The molecule has 4 aliphatic rings. The van der Waals surface area contributed by atoms with Gasteiger partial charge in [0, 0.05) is 36.6 Å². The summed E-state index contributed by atoms with van der Waals surface area (Å²) in [7, 11) is -3.63. The van der Waals surface area contributed by atoms with E-state index in [1.807, 2.05) is 39.8 Å². The first-order valence-corrected chi connectivity index (χ1v) is 16.1. The number of rotatable bonds is 7. The third-order valence-electron chi connectivity index (χ3n) is 8.91. The van der Waals surface area contributed by atoms with Crippen molar-refractivity contribution in [1.82, 2.24) is 9.62 Å². The summed E-state index contributed by atoms with van der Waals surface area (Å²) in [5.74, 6) is 1.25. The maximum absolute atomic E-state index is 13.2. The van der Waals surface area contributed by atoms with E-state index in [-0.39, 0.29) is 25.1 Å². The van der Waals surface area contributed by atoms with Crippen LogP contribution in [0.5, 0.6) is 0 Å². The monoisotopic (exact) mass is 572 g/mol. The second kappa shape index (κ2) is 11.2. The topological polar surface area (TPSA) is 109 Å². The molecule has 1 spiro atoms. The number of carbonyl (C=O) groups excluding carboxylic acids is 1. The van der Waals surface area contributed by atoms with Gasteiger partial charge in [-0.05, 0) is 94.2 Å². The van der Waals surface area contributed by atoms with Crippen molar-refractivity contribution in [3.63, 3.8) is 0 Å². The van der Waals surface area contributed by atoms with E-state index in [2.05, 4.69) is 17.6 Å². The average molecular weight is 573 g/mol. The molecule has 3 heterocycles. The Labute approximate surface area is 238 Å². The Hall–Kier alpha value is -2.27. The Morgan fingerprint density at radius 3 is 2.38 bits per heavy atom. The lowest BCUT2D eigenvalue weighted by Gasteiger charge is -2.34. The number of aliphatic imine (C=N–C) groups is 1. The van der Waals surface area contributed by atoms with Crippen LogP contribution in [-0.4, -0.2) is 68.1 Å². The van der Waals surface area contributed by atoms with E-state index in [0.29, 0.717) is 31.9 Å². The van der Waals surface area contributed by atoms with Crippen molar-refractivity contribution < 1.29 is 22.7 Å². The molecule has 1 aromatic rings. The number of hydrogen-bond donors (Lipinski definition) is 2. The minimum absolute atomic E-state index is 0.0207. The number of amidine groups is 1. The molecule has 0 unspecified atom stereocenters. The lowest BCUT2D eigenvalue weighted by Crippen LogP contribution is -2.50. The molecule has 1 atom stereocenters. The SMILES string of the molecule is Cc1cc(NC[C@H]2COC(C)(C)O2)cc(C)c1/C=C/S(=O)(=O)N1CCC2(CC1)N=C(C1CCC(C)CC1)NC2=O. The van der Waals surface area contributed by atoms with Gasteiger partial charge in [0.15, 0.2) is 5.79 Å². The highest BCUT2D eigenvalue weighted by Gasteiger charge is 2.48. The Kier molecular flexibility index (Phi) is 8.18. The number of ether oxygens (including phenoxy) is 2. The predicted octanol–water partition coefficient (Wildman–Crippen LogP) is 4.36. The lowest BCUT2D eigenvalue weighted by atomic mass is 9.82. The highest BCUT2D eigenvalue weighted by atomic mass is 32.2. The smallest absolute Gasteiger partial charge is 0.253 e. The fourth-order valence-electron chi connectivity index (χ4n) is 6.39. The molecule has 3 fully saturated rings. The number of piperidine rings is 1. The summed E-state index contributed by atoms with van der Waals surface area (Å²) in [5, 5.41) is 7.76. The molecule has 0 bridgehead atoms. The van der Waals surface area contributed by atoms with Crippen molar-refractivity contribution in [3.05, 3.63) is 34.2 Å². The van der Waals surface area contributed by atoms with E-state index in [9.17, 15) is 13.2 Å². The molecule has 1 saturated carbocycles. The first-order chi connectivity index (χ1) is 18.9. The van der Waals surface area contributed by atoms with Crippen molar-refractivity contribution in [2.24, 2.45) is 16.8 Å². The first-order valence-electron chi connectivity index (χ1n) is 14.6. The third-order valence-corrected chi connectivity index (χ3v) is 10.5. The van der Waals surface area contributed by atoms with Crippen LogP contribution >= 0.6 is 0 Å². The number of sulfonamides is 1. The number of nitrogens with one attached hydrogen (secondary N) is 2. The number of benzene rings is 1. The zero-order valence-electron chi connectivity index (χ0n) is 24.5. The Morgan fingerprint density at radius 2 is 1.77 bits per heavy atom. The molecule has 1 aliphatic carbocycles. The van der Waals surface area contributed by atoms with Crippen molar-refractivity contribution in [2.75, 3.05) is 31.6 Å². The summed E-state index contributed by atoms with van der Waals surface area (Å²) in [4.78, 5) is 17.9. The molecule has 0 radical (unpaired) electrons. The molecular weight excluding hydrogens is 528 g/mol. The molecule has 1 aromatic carbocycles. The quantitative estimate of drug-likeness (QED) is 0.503. The van der Waals surface area contributed by atoms with Gasteiger partial charge in [0.05, 0.1) is 6.61 Å². The minimum atomic E-state index is -3.63. The van der Waals surface area contributed by atoms with Crippen molar-refractivity contribution >= 4 is 33.5 Å². The van der Waals surface area contributed by atoms with E-state index in [1.165, 1.54) is 9.71 Å². The van der Waals surface area contributed by atoms with Crippen LogP contribution in [0.3, 0.4) is 0 Å². The largest absolute Gasteiger partial charge is 0.382 e. The van der Waals surface area contributed by atoms with Crippen LogP contribution in [0, 0.1) is 25.7 Å². The van der Waals surface area contributed by atoms with Gasteiger partial charge in [-0.15, -0.1) is 0 Å². The van der Waals surface area contributed by atoms with Gasteiger partial charge in [0.25, 0.3) is 5.91 Å². The molecule has 3 aliphatic heterocycles. The van der Waals surface area contributed by atoms with E-state index >= 15 is 0 Å². The summed E-state index contributed by atoms with van der Waals surface area (Å²) >= 11 is 0. The highest BCUT2D eigenvalue weighted by Crippen LogP contribution is 2.36. The molecule has 10 heteroatoms. The fourth-order valence-corrected chi connectivity index (χ4v) is 7.57. The maximum atomic E-state index is 13.2. The van der Waals surface area contributed by atoms with Gasteiger partial charge in [-0.2, -0.15) is 4.31 Å². The zero-order valence-corrected chi connectivity index (χ0v) is 25.3. The molecular formula is C30H44N4O5S. The van der Waals surface area contributed by atoms with E-state index < -0.39 is 21.3 Å². The summed E-state index contributed by atoms with van der Waals surface area (Å²) in [6, 6.07) is 4.04. The van der Waals surface area contributed by atoms with Crippen LogP contribution in [0.1, 0.15) is 76.0 Å². The predicted molar refractivity (Wildman–Crippen MR) is 158 cm³/mol. The van der Waals surface area contributed by atoms with Crippen LogP contribution < -0.4 is 10.6 Å².